The summed E-state index contributed by atoms with van der Waals surface area (Å²) in [4.78, 5) is 2.71. The monoisotopic (exact) mass is 280 g/mol. The van der Waals surface area contributed by atoms with Crippen LogP contribution in [0.2, 0.25) is 0 Å². The van der Waals surface area contributed by atoms with Crippen LogP contribution in [0.15, 0.2) is 16.8 Å². The molecule has 1 aromatic rings. The Morgan fingerprint density at radius 1 is 1.53 bits per heavy atom. The van der Waals surface area contributed by atoms with Gasteiger partial charge in [-0.15, -0.1) is 0 Å². The summed E-state index contributed by atoms with van der Waals surface area (Å²) in [6.45, 7) is 12.8. The lowest BCUT2D eigenvalue weighted by Crippen LogP contribution is -2.63. The van der Waals surface area contributed by atoms with Gasteiger partial charge < -0.3 is 5.32 Å². The zero-order valence-electron chi connectivity index (χ0n) is 12.8. The fourth-order valence-corrected chi connectivity index (χ4v) is 3.68. The lowest BCUT2D eigenvalue weighted by atomic mass is 9.90. The average molecular weight is 280 g/mol. The summed E-state index contributed by atoms with van der Waals surface area (Å²) in [6.07, 6.45) is 2.45. The minimum absolute atomic E-state index is 0.249. The highest BCUT2D eigenvalue weighted by Gasteiger charge is 2.34. The van der Waals surface area contributed by atoms with E-state index in [0.29, 0.717) is 6.04 Å². The normalized spacial score (nSPS) is 25.4. The van der Waals surface area contributed by atoms with Gasteiger partial charge in [-0.25, -0.2) is 0 Å². The molecular formula is C16H28N2S. The number of hydrogen-bond acceptors (Lipinski definition) is 3. The van der Waals surface area contributed by atoms with Gasteiger partial charge in [0.05, 0.1) is 0 Å². The van der Waals surface area contributed by atoms with Crippen molar-refractivity contribution in [1.82, 2.24) is 10.2 Å². The van der Waals surface area contributed by atoms with Crippen molar-refractivity contribution in [3.63, 3.8) is 0 Å². The fourth-order valence-electron chi connectivity index (χ4n) is 2.98. The zero-order chi connectivity index (χ0) is 13.9. The van der Waals surface area contributed by atoms with Crippen molar-refractivity contribution in [2.24, 2.45) is 5.92 Å². The van der Waals surface area contributed by atoms with Crippen molar-refractivity contribution in [1.29, 1.82) is 0 Å². The third-order valence-electron chi connectivity index (χ3n) is 4.43. The number of rotatable bonds is 5. The molecule has 1 fully saturated rings. The van der Waals surface area contributed by atoms with Gasteiger partial charge in [-0.1, -0.05) is 20.3 Å². The van der Waals surface area contributed by atoms with Crippen molar-refractivity contribution in [2.45, 2.75) is 52.1 Å². The molecule has 0 saturated carbocycles. The molecule has 0 aromatic carbocycles. The van der Waals surface area contributed by atoms with E-state index < -0.39 is 0 Å². The summed E-state index contributed by atoms with van der Waals surface area (Å²) in [7, 11) is 0. The van der Waals surface area contributed by atoms with Crippen LogP contribution >= 0.6 is 11.3 Å². The number of piperazine rings is 1. The third-order valence-corrected chi connectivity index (χ3v) is 5.16. The first-order chi connectivity index (χ1) is 9.02. The van der Waals surface area contributed by atoms with E-state index in [9.17, 15) is 0 Å². The van der Waals surface area contributed by atoms with Crippen LogP contribution in [-0.2, 0) is 6.42 Å². The minimum atomic E-state index is 0.249. The number of hydrogen-bond donors (Lipinski definition) is 1. The van der Waals surface area contributed by atoms with Crippen LogP contribution in [0.3, 0.4) is 0 Å². The summed E-state index contributed by atoms with van der Waals surface area (Å²) in [6, 6.07) is 2.95. The van der Waals surface area contributed by atoms with Gasteiger partial charge in [-0.05, 0) is 48.6 Å². The lowest BCUT2D eigenvalue weighted by Gasteiger charge is -2.47. The second-order valence-electron chi connectivity index (χ2n) is 6.57. The van der Waals surface area contributed by atoms with Gasteiger partial charge in [0.1, 0.15) is 0 Å². The summed E-state index contributed by atoms with van der Waals surface area (Å²) in [5, 5.41) is 8.17. The van der Waals surface area contributed by atoms with Crippen molar-refractivity contribution in [3.8, 4) is 0 Å². The zero-order valence-corrected chi connectivity index (χ0v) is 13.6. The van der Waals surface area contributed by atoms with E-state index in [4.69, 9.17) is 0 Å². The predicted molar refractivity (Wildman–Crippen MR) is 84.9 cm³/mol. The predicted octanol–water partition coefficient (Wildman–Crippen LogP) is 3.39. The fraction of sp³-hybridized carbons (Fsp3) is 0.750. The van der Waals surface area contributed by atoms with Crippen LogP contribution in [0.4, 0.5) is 0 Å². The number of nitrogens with one attached hydrogen (secondary N) is 1. The molecule has 2 unspecified atom stereocenters. The Balaban J connectivity index is 1.98. The first-order valence-corrected chi connectivity index (χ1v) is 8.46. The molecule has 2 heterocycles. The molecular weight excluding hydrogens is 252 g/mol. The molecule has 2 rings (SSSR count). The Bertz CT molecular complexity index is 372. The Morgan fingerprint density at radius 2 is 2.32 bits per heavy atom. The van der Waals surface area contributed by atoms with Gasteiger partial charge in [0.2, 0.25) is 0 Å². The SMILES string of the molecule is CCC(C)C1CNC(C)(C)CN1CCc1ccsc1. The number of nitrogens with zero attached hydrogens (tertiary/aromatic N) is 1. The molecule has 2 atom stereocenters. The second kappa shape index (κ2) is 6.38. The molecule has 3 heteroatoms. The van der Waals surface area contributed by atoms with Gasteiger partial charge in [0.25, 0.3) is 0 Å². The van der Waals surface area contributed by atoms with E-state index in [1.807, 2.05) is 0 Å². The molecule has 0 aliphatic carbocycles. The van der Waals surface area contributed by atoms with Crippen LogP contribution in [0.1, 0.15) is 39.7 Å². The summed E-state index contributed by atoms with van der Waals surface area (Å²) >= 11 is 1.81. The Labute approximate surface area is 122 Å². The molecule has 1 aliphatic rings. The molecule has 19 heavy (non-hydrogen) atoms. The molecule has 1 saturated heterocycles. The molecule has 0 amide bonds. The first kappa shape index (κ1) is 15.0. The molecule has 0 radical (unpaired) electrons. The summed E-state index contributed by atoms with van der Waals surface area (Å²) in [5.74, 6) is 0.770. The van der Waals surface area contributed by atoms with Crippen molar-refractivity contribution in [2.75, 3.05) is 19.6 Å². The molecule has 2 nitrogen and oxygen atoms in total. The molecule has 108 valence electrons. The molecule has 1 aromatic heterocycles. The lowest BCUT2D eigenvalue weighted by molar-refractivity contribution is 0.0648. The quantitative estimate of drug-likeness (QED) is 0.889. The highest BCUT2D eigenvalue weighted by molar-refractivity contribution is 7.07. The van der Waals surface area contributed by atoms with E-state index in [1.165, 1.54) is 24.9 Å². The van der Waals surface area contributed by atoms with Gasteiger partial charge >= 0.3 is 0 Å². The Morgan fingerprint density at radius 3 is 2.95 bits per heavy atom. The Kier molecular flexibility index (Phi) is 5.04. The molecule has 1 aliphatic heterocycles. The maximum absolute atomic E-state index is 3.71. The van der Waals surface area contributed by atoms with E-state index in [2.05, 4.69) is 54.7 Å². The van der Waals surface area contributed by atoms with Crippen LogP contribution in [0.5, 0.6) is 0 Å². The van der Waals surface area contributed by atoms with E-state index in [0.717, 1.165) is 19.0 Å². The maximum Gasteiger partial charge on any atom is 0.0252 e. The second-order valence-corrected chi connectivity index (χ2v) is 7.35. The van der Waals surface area contributed by atoms with Crippen molar-refractivity contribution < 1.29 is 0 Å². The van der Waals surface area contributed by atoms with Gasteiger partial charge in [0, 0.05) is 31.2 Å². The first-order valence-electron chi connectivity index (χ1n) is 7.52. The third kappa shape index (κ3) is 4.04. The van der Waals surface area contributed by atoms with Crippen LogP contribution < -0.4 is 5.32 Å². The van der Waals surface area contributed by atoms with Crippen molar-refractivity contribution in [3.05, 3.63) is 22.4 Å². The smallest absolute Gasteiger partial charge is 0.0252 e. The van der Waals surface area contributed by atoms with E-state index >= 15 is 0 Å². The van der Waals surface area contributed by atoms with Crippen LogP contribution in [0, 0.1) is 5.92 Å². The molecule has 1 N–H and O–H groups in total. The highest BCUT2D eigenvalue weighted by atomic mass is 32.1. The van der Waals surface area contributed by atoms with Gasteiger partial charge in [-0.3, -0.25) is 4.90 Å². The minimum Gasteiger partial charge on any atom is -0.309 e. The van der Waals surface area contributed by atoms with Crippen LogP contribution in [0.25, 0.3) is 0 Å². The summed E-state index contributed by atoms with van der Waals surface area (Å²) < 4.78 is 0. The molecule has 0 bridgehead atoms. The van der Waals surface area contributed by atoms with Gasteiger partial charge in [0.15, 0.2) is 0 Å². The van der Waals surface area contributed by atoms with Crippen LogP contribution in [-0.4, -0.2) is 36.1 Å². The van der Waals surface area contributed by atoms with Gasteiger partial charge in [-0.2, -0.15) is 11.3 Å². The standard InChI is InChI=1S/C16H28N2S/c1-5-13(2)15-10-17-16(3,4)12-18(15)8-6-14-7-9-19-11-14/h7,9,11,13,15,17H,5-6,8,10,12H2,1-4H3. The van der Waals surface area contributed by atoms with Crippen molar-refractivity contribution >= 4 is 11.3 Å². The van der Waals surface area contributed by atoms with E-state index in [1.54, 1.807) is 11.3 Å². The Hall–Kier alpha value is -0.380. The largest absolute Gasteiger partial charge is 0.309 e. The summed E-state index contributed by atoms with van der Waals surface area (Å²) in [5.41, 5.74) is 1.74. The highest BCUT2D eigenvalue weighted by Crippen LogP contribution is 2.22. The maximum atomic E-state index is 3.71. The average Bonchev–Trinajstić information content (AvgIpc) is 2.88. The number of thiophene rings is 1. The van der Waals surface area contributed by atoms with E-state index in [-0.39, 0.29) is 5.54 Å². The topological polar surface area (TPSA) is 15.3 Å². The molecule has 0 spiro atoms.